The Morgan fingerprint density at radius 1 is 1.15 bits per heavy atom. The highest BCUT2D eigenvalue weighted by atomic mass is 35.5. The monoisotopic (exact) mass is 569 g/mol. The quantitative estimate of drug-likeness (QED) is 0.200. The van der Waals surface area contributed by atoms with E-state index in [9.17, 15) is 9.70 Å². The maximum absolute atomic E-state index is 11.3. The molecule has 1 aromatic carbocycles. The first kappa shape index (κ1) is 26.9. The lowest BCUT2D eigenvalue weighted by molar-refractivity contribution is -0.113. The third kappa shape index (κ3) is 5.65. The zero-order valence-corrected chi connectivity index (χ0v) is 23.5. The van der Waals surface area contributed by atoms with Crippen LogP contribution < -0.4 is 9.47 Å². The number of pyridine rings is 1. The molecule has 1 aliphatic heterocycles. The van der Waals surface area contributed by atoms with Gasteiger partial charge in [0.05, 0.1) is 10.6 Å². The molecule has 2 aliphatic carbocycles. The number of fused-ring (bicyclic) bond motifs is 1. The Hall–Kier alpha value is -4.30. The molecule has 6 rings (SSSR count). The average molecular weight is 570 g/mol. The molecule has 3 heterocycles. The molecule has 0 atom stereocenters. The summed E-state index contributed by atoms with van der Waals surface area (Å²) in [5, 5.41) is 7.44. The van der Waals surface area contributed by atoms with Gasteiger partial charge in [-0.05, 0) is 80.9 Å². The van der Waals surface area contributed by atoms with Crippen molar-refractivity contribution in [1.29, 1.82) is 0 Å². The fourth-order valence-electron chi connectivity index (χ4n) is 5.01. The van der Waals surface area contributed by atoms with Crippen molar-refractivity contribution in [1.82, 2.24) is 10.1 Å². The van der Waals surface area contributed by atoms with Gasteiger partial charge in [-0.25, -0.2) is 4.98 Å². The van der Waals surface area contributed by atoms with Gasteiger partial charge in [-0.15, -0.1) is 4.91 Å². The van der Waals surface area contributed by atoms with E-state index in [-0.39, 0.29) is 6.61 Å². The minimum atomic E-state index is -0.845. The summed E-state index contributed by atoms with van der Waals surface area (Å²) < 4.78 is 18.4. The fourth-order valence-corrected chi connectivity index (χ4v) is 5.32. The lowest BCUT2D eigenvalue weighted by Gasteiger charge is -2.13. The number of aryl methyl sites for hydroxylation is 1. The highest BCUT2D eigenvalue weighted by Gasteiger charge is 2.34. The molecule has 0 N–H and O–H groups in total. The van der Waals surface area contributed by atoms with Crippen LogP contribution in [0.4, 0.5) is 0 Å². The number of benzene rings is 1. The SMILES string of the molecule is C/C=C1/Oc2ccc(OCc3c(-c4c(C)cccc4Cl)noc3C3CC3)nc2C(C2CC2)=C/C1=C/C=C/C(=O)N=O. The fraction of sp³-hybridized carbons (Fsp3) is 0.281. The molecule has 3 aromatic rings. The molecule has 8 nitrogen and oxygen atoms in total. The standard InChI is InChI=1S/C32H28ClN3O5/c1-3-25-21(7-5-9-27(37)35-38)16-22(19-10-11-19)30-26(40-25)14-15-28(34-30)39-17-23-31(36-41-32(23)20-12-13-20)29-18(2)6-4-8-24(29)33/h3-9,14-16,19-20H,10-13,17H2,1-2H3/b9-5+,21-7-,25-3+. The van der Waals surface area contributed by atoms with Gasteiger partial charge in [0, 0.05) is 34.4 Å². The second-order valence-electron chi connectivity index (χ2n) is 10.4. The van der Waals surface area contributed by atoms with Gasteiger partial charge < -0.3 is 14.0 Å². The number of hydrogen-bond acceptors (Lipinski definition) is 7. The van der Waals surface area contributed by atoms with Gasteiger partial charge in [0.2, 0.25) is 5.88 Å². The second-order valence-corrected chi connectivity index (χ2v) is 10.8. The van der Waals surface area contributed by atoms with Crippen molar-refractivity contribution in [2.45, 2.75) is 52.1 Å². The van der Waals surface area contributed by atoms with Crippen molar-refractivity contribution in [3.05, 3.63) is 105 Å². The number of halogens is 1. The summed E-state index contributed by atoms with van der Waals surface area (Å²) in [6, 6.07) is 9.44. The minimum absolute atomic E-state index is 0.235. The predicted molar refractivity (Wildman–Crippen MR) is 155 cm³/mol. The van der Waals surface area contributed by atoms with Crippen molar-refractivity contribution >= 4 is 23.1 Å². The van der Waals surface area contributed by atoms with Gasteiger partial charge in [-0.3, -0.25) is 4.79 Å². The molecule has 2 saturated carbocycles. The molecule has 41 heavy (non-hydrogen) atoms. The largest absolute Gasteiger partial charge is 0.473 e. The molecule has 0 spiro atoms. The maximum atomic E-state index is 11.3. The van der Waals surface area contributed by atoms with E-state index in [1.54, 1.807) is 12.1 Å². The topological polar surface area (TPSA) is 104 Å². The highest BCUT2D eigenvalue weighted by Crippen LogP contribution is 2.48. The molecular weight excluding hydrogens is 542 g/mol. The van der Waals surface area contributed by atoms with Crippen molar-refractivity contribution in [2.24, 2.45) is 11.1 Å². The Kier molecular flexibility index (Phi) is 7.41. The summed E-state index contributed by atoms with van der Waals surface area (Å²) in [5.74, 6) is 2.38. The molecule has 208 valence electrons. The van der Waals surface area contributed by atoms with Gasteiger partial charge in [-0.2, -0.15) is 0 Å². The summed E-state index contributed by atoms with van der Waals surface area (Å²) >= 11 is 6.59. The van der Waals surface area contributed by atoms with Crippen molar-refractivity contribution in [3.8, 4) is 22.9 Å². The molecule has 3 aliphatic rings. The van der Waals surface area contributed by atoms with Crippen LogP contribution in [0.1, 0.15) is 61.1 Å². The van der Waals surface area contributed by atoms with Crippen LogP contribution in [0.25, 0.3) is 16.8 Å². The zero-order chi connectivity index (χ0) is 28.5. The molecule has 9 heteroatoms. The Bertz CT molecular complexity index is 1640. The van der Waals surface area contributed by atoms with Crippen molar-refractivity contribution < 1.29 is 18.8 Å². The van der Waals surface area contributed by atoms with Crippen LogP contribution in [-0.2, 0) is 11.4 Å². The summed E-state index contributed by atoms with van der Waals surface area (Å²) in [6.45, 7) is 4.12. The van der Waals surface area contributed by atoms with E-state index in [2.05, 4.69) is 10.3 Å². The third-order valence-corrected chi connectivity index (χ3v) is 7.71. The smallest absolute Gasteiger partial charge is 0.309 e. The van der Waals surface area contributed by atoms with E-state index in [0.29, 0.717) is 39.9 Å². The lowest BCUT2D eigenvalue weighted by atomic mass is 10.0. The number of rotatable bonds is 8. The van der Waals surface area contributed by atoms with Crippen molar-refractivity contribution in [3.63, 3.8) is 0 Å². The van der Waals surface area contributed by atoms with E-state index in [0.717, 1.165) is 71.1 Å². The summed E-state index contributed by atoms with van der Waals surface area (Å²) in [6.07, 6.45) is 12.5. The Morgan fingerprint density at radius 3 is 2.66 bits per heavy atom. The number of carbonyl (C=O) groups is 1. The third-order valence-electron chi connectivity index (χ3n) is 7.40. The van der Waals surface area contributed by atoms with Gasteiger partial charge in [0.25, 0.3) is 0 Å². The second kappa shape index (κ2) is 11.3. The van der Waals surface area contributed by atoms with E-state index < -0.39 is 5.91 Å². The number of nitroso groups, excluding NO2 is 1. The summed E-state index contributed by atoms with van der Waals surface area (Å²) in [4.78, 5) is 26.7. The number of amides is 1. The minimum Gasteiger partial charge on any atom is -0.473 e. The summed E-state index contributed by atoms with van der Waals surface area (Å²) in [5.41, 5.74) is 5.98. The van der Waals surface area contributed by atoms with Crippen molar-refractivity contribution in [2.75, 3.05) is 0 Å². The van der Waals surface area contributed by atoms with E-state index in [1.165, 1.54) is 6.08 Å². The molecule has 2 fully saturated rings. The summed E-state index contributed by atoms with van der Waals surface area (Å²) in [7, 11) is 0. The number of aromatic nitrogens is 2. The molecule has 0 saturated heterocycles. The first-order valence-corrected chi connectivity index (χ1v) is 14.0. The van der Waals surface area contributed by atoms with E-state index >= 15 is 0 Å². The predicted octanol–water partition coefficient (Wildman–Crippen LogP) is 8.02. The maximum Gasteiger partial charge on any atom is 0.309 e. The van der Waals surface area contributed by atoms with Crippen LogP contribution in [-0.4, -0.2) is 16.0 Å². The normalized spacial score (nSPS) is 18.7. The Labute approximate surface area is 242 Å². The van der Waals surface area contributed by atoms with Crippen LogP contribution in [0.15, 0.2) is 81.7 Å². The number of allylic oxidation sites excluding steroid dienone is 5. The van der Waals surface area contributed by atoms with Crippen LogP contribution in [0.3, 0.4) is 0 Å². The van der Waals surface area contributed by atoms with Crippen LogP contribution >= 0.6 is 11.6 Å². The van der Waals surface area contributed by atoms with E-state index in [4.69, 9.17) is 30.6 Å². The average Bonchev–Trinajstić information content (AvgIpc) is 3.90. The lowest BCUT2D eigenvalue weighted by Crippen LogP contribution is -2.04. The molecule has 0 radical (unpaired) electrons. The molecule has 1 amide bonds. The van der Waals surface area contributed by atoms with Gasteiger partial charge >= 0.3 is 5.91 Å². The van der Waals surface area contributed by atoms with Gasteiger partial charge in [-0.1, -0.05) is 41.0 Å². The molecule has 0 bridgehead atoms. The number of nitrogens with zero attached hydrogens (tertiary/aromatic N) is 3. The van der Waals surface area contributed by atoms with Gasteiger partial charge in [0.1, 0.15) is 29.5 Å². The molecule has 2 aromatic heterocycles. The first-order valence-electron chi connectivity index (χ1n) is 13.7. The van der Waals surface area contributed by atoms with Crippen LogP contribution in [0, 0.1) is 17.7 Å². The highest BCUT2D eigenvalue weighted by molar-refractivity contribution is 6.33. The number of hydrogen-bond donors (Lipinski definition) is 0. The molecular formula is C32H28ClN3O5. The number of ether oxygens (including phenoxy) is 2. The zero-order valence-electron chi connectivity index (χ0n) is 22.7. The van der Waals surface area contributed by atoms with Gasteiger partial charge in [0.15, 0.2) is 5.75 Å². The van der Waals surface area contributed by atoms with Crippen LogP contribution in [0.5, 0.6) is 11.6 Å². The first-order chi connectivity index (χ1) is 20.0. The number of carbonyl (C=O) groups excluding carboxylic acids is 1. The van der Waals surface area contributed by atoms with Crippen LogP contribution in [0.2, 0.25) is 5.02 Å². The molecule has 0 unspecified atom stereocenters. The Morgan fingerprint density at radius 2 is 1.95 bits per heavy atom. The Balaban J connectivity index is 1.33. The van der Waals surface area contributed by atoms with E-state index in [1.807, 2.05) is 50.3 Å².